The van der Waals surface area contributed by atoms with Crippen LogP contribution in [0.25, 0.3) is 0 Å². The van der Waals surface area contributed by atoms with Crippen molar-refractivity contribution in [3.8, 4) is 0 Å². The van der Waals surface area contributed by atoms with E-state index in [9.17, 15) is 0 Å². The van der Waals surface area contributed by atoms with E-state index in [2.05, 4.69) is 36.3 Å². The molecule has 0 saturated heterocycles. The quantitative estimate of drug-likeness (QED) is 0.849. The molecule has 2 heteroatoms. The maximum absolute atomic E-state index is 4.30. The van der Waals surface area contributed by atoms with E-state index in [-0.39, 0.29) is 0 Å². The molecule has 1 heterocycles. The van der Waals surface area contributed by atoms with Gasteiger partial charge in [-0.3, -0.25) is 4.98 Å². The average molecular weight is 246 g/mol. The third-order valence-electron chi connectivity index (χ3n) is 4.07. The van der Waals surface area contributed by atoms with Gasteiger partial charge in [0.1, 0.15) is 0 Å². The molecule has 0 radical (unpaired) electrons. The molecule has 1 N–H and O–H groups in total. The summed E-state index contributed by atoms with van der Waals surface area (Å²) in [6.07, 6.45) is 10.4. The van der Waals surface area contributed by atoms with Gasteiger partial charge in [0, 0.05) is 17.9 Å². The van der Waals surface area contributed by atoms with Gasteiger partial charge in [-0.15, -0.1) is 0 Å². The highest BCUT2D eigenvalue weighted by Crippen LogP contribution is 2.31. The first-order valence-electron chi connectivity index (χ1n) is 7.45. The third kappa shape index (κ3) is 3.81. The van der Waals surface area contributed by atoms with Crippen molar-refractivity contribution in [1.82, 2.24) is 10.3 Å². The van der Waals surface area contributed by atoms with Gasteiger partial charge < -0.3 is 5.32 Å². The van der Waals surface area contributed by atoms with Crippen LogP contribution in [-0.2, 0) is 0 Å². The van der Waals surface area contributed by atoms with Crippen molar-refractivity contribution in [2.45, 2.75) is 58.4 Å². The van der Waals surface area contributed by atoms with Crippen molar-refractivity contribution in [1.29, 1.82) is 0 Å². The van der Waals surface area contributed by atoms with Crippen LogP contribution in [0.15, 0.2) is 18.3 Å². The number of rotatable bonds is 5. The SMILES string of the molecule is CCNC(CC1CCCCC1)c1ccnc(C)c1. The summed E-state index contributed by atoms with van der Waals surface area (Å²) in [6.45, 7) is 5.31. The van der Waals surface area contributed by atoms with Crippen LogP contribution in [0.4, 0.5) is 0 Å². The molecule has 0 amide bonds. The fraction of sp³-hybridized carbons (Fsp3) is 0.688. The van der Waals surface area contributed by atoms with Gasteiger partial charge in [0.15, 0.2) is 0 Å². The van der Waals surface area contributed by atoms with Crippen molar-refractivity contribution in [2.75, 3.05) is 6.54 Å². The van der Waals surface area contributed by atoms with Gasteiger partial charge in [-0.05, 0) is 43.5 Å². The van der Waals surface area contributed by atoms with Crippen LogP contribution < -0.4 is 5.32 Å². The average Bonchev–Trinajstić information content (AvgIpc) is 2.39. The van der Waals surface area contributed by atoms with E-state index in [1.54, 1.807) is 0 Å². The van der Waals surface area contributed by atoms with Gasteiger partial charge in [0.2, 0.25) is 0 Å². The predicted octanol–water partition coefficient (Wildman–Crippen LogP) is 4.01. The lowest BCUT2D eigenvalue weighted by Crippen LogP contribution is -2.24. The molecule has 2 rings (SSSR count). The maximum atomic E-state index is 4.30. The van der Waals surface area contributed by atoms with Gasteiger partial charge in [0.25, 0.3) is 0 Å². The van der Waals surface area contributed by atoms with E-state index in [0.717, 1.165) is 18.2 Å². The van der Waals surface area contributed by atoms with Crippen LogP contribution >= 0.6 is 0 Å². The van der Waals surface area contributed by atoms with Crippen molar-refractivity contribution < 1.29 is 0 Å². The Bertz CT molecular complexity index is 356. The minimum atomic E-state index is 0.514. The zero-order valence-electron chi connectivity index (χ0n) is 11.8. The summed E-state index contributed by atoms with van der Waals surface area (Å²) in [5.74, 6) is 0.913. The van der Waals surface area contributed by atoms with Crippen LogP contribution in [0.3, 0.4) is 0 Å². The van der Waals surface area contributed by atoms with Crippen LogP contribution in [0.1, 0.15) is 62.7 Å². The Morgan fingerprint density at radius 1 is 1.33 bits per heavy atom. The van der Waals surface area contributed by atoms with Crippen LogP contribution in [0, 0.1) is 12.8 Å². The molecule has 0 spiro atoms. The summed E-state index contributed by atoms with van der Waals surface area (Å²) in [5.41, 5.74) is 2.54. The Morgan fingerprint density at radius 3 is 2.78 bits per heavy atom. The monoisotopic (exact) mass is 246 g/mol. The molecule has 0 aliphatic heterocycles. The number of nitrogens with zero attached hydrogens (tertiary/aromatic N) is 1. The number of aryl methyl sites for hydroxylation is 1. The molecule has 18 heavy (non-hydrogen) atoms. The maximum Gasteiger partial charge on any atom is 0.0375 e. The van der Waals surface area contributed by atoms with Crippen molar-refractivity contribution in [2.24, 2.45) is 5.92 Å². The summed E-state index contributed by atoms with van der Waals surface area (Å²) in [5, 5.41) is 3.65. The molecule has 1 unspecified atom stereocenters. The normalized spacial score (nSPS) is 18.8. The lowest BCUT2D eigenvalue weighted by molar-refractivity contribution is 0.301. The highest BCUT2D eigenvalue weighted by molar-refractivity contribution is 5.19. The highest BCUT2D eigenvalue weighted by atomic mass is 14.9. The summed E-state index contributed by atoms with van der Waals surface area (Å²) >= 11 is 0. The van der Waals surface area contributed by atoms with Gasteiger partial charge in [-0.2, -0.15) is 0 Å². The molecule has 2 nitrogen and oxygen atoms in total. The van der Waals surface area contributed by atoms with Gasteiger partial charge in [0.05, 0.1) is 0 Å². The highest BCUT2D eigenvalue weighted by Gasteiger charge is 2.19. The van der Waals surface area contributed by atoms with E-state index >= 15 is 0 Å². The summed E-state index contributed by atoms with van der Waals surface area (Å²) in [6, 6.07) is 4.92. The summed E-state index contributed by atoms with van der Waals surface area (Å²) < 4.78 is 0. The topological polar surface area (TPSA) is 24.9 Å². The molecule has 1 aliphatic rings. The zero-order valence-corrected chi connectivity index (χ0v) is 11.8. The molecule has 1 aromatic heterocycles. The standard InChI is InChI=1S/C16H26N2/c1-3-17-16(12-14-7-5-4-6-8-14)15-9-10-18-13(2)11-15/h9-11,14,16-17H,3-8,12H2,1-2H3. The number of nitrogens with one attached hydrogen (secondary N) is 1. The van der Waals surface area contributed by atoms with Crippen LogP contribution in [0.2, 0.25) is 0 Å². The number of aromatic nitrogens is 1. The molecular weight excluding hydrogens is 220 g/mol. The van der Waals surface area contributed by atoms with Gasteiger partial charge in [-0.1, -0.05) is 39.0 Å². The number of hydrogen-bond acceptors (Lipinski definition) is 2. The molecule has 1 saturated carbocycles. The van der Waals surface area contributed by atoms with E-state index in [1.807, 2.05) is 6.20 Å². The van der Waals surface area contributed by atoms with Gasteiger partial charge in [-0.25, -0.2) is 0 Å². The zero-order chi connectivity index (χ0) is 12.8. The van der Waals surface area contributed by atoms with Crippen LogP contribution in [0.5, 0.6) is 0 Å². The second kappa shape index (κ2) is 6.89. The van der Waals surface area contributed by atoms with Crippen molar-refractivity contribution >= 4 is 0 Å². The van der Waals surface area contributed by atoms with E-state index in [1.165, 1.54) is 44.1 Å². The van der Waals surface area contributed by atoms with E-state index < -0.39 is 0 Å². The molecule has 0 aromatic carbocycles. The third-order valence-corrected chi connectivity index (χ3v) is 4.07. The fourth-order valence-electron chi connectivity index (χ4n) is 3.12. The van der Waals surface area contributed by atoms with E-state index in [0.29, 0.717) is 6.04 Å². The van der Waals surface area contributed by atoms with Crippen molar-refractivity contribution in [3.63, 3.8) is 0 Å². The number of pyridine rings is 1. The molecule has 1 aliphatic carbocycles. The Kier molecular flexibility index (Phi) is 5.18. The molecule has 0 bridgehead atoms. The van der Waals surface area contributed by atoms with Crippen LogP contribution in [-0.4, -0.2) is 11.5 Å². The Labute approximate surface area is 111 Å². The molecule has 100 valence electrons. The second-order valence-corrected chi connectivity index (χ2v) is 5.58. The van der Waals surface area contributed by atoms with E-state index in [4.69, 9.17) is 0 Å². The molecule has 1 fully saturated rings. The lowest BCUT2D eigenvalue weighted by atomic mass is 9.83. The predicted molar refractivity (Wildman–Crippen MR) is 76.6 cm³/mol. The number of hydrogen-bond donors (Lipinski definition) is 1. The lowest BCUT2D eigenvalue weighted by Gasteiger charge is -2.27. The Hall–Kier alpha value is -0.890. The smallest absolute Gasteiger partial charge is 0.0375 e. The Balaban J connectivity index is 2.02. The largest absolute Gasteiger partial charge is 0.310 e. The first-order valence-corrected chi connectivity index (χ1v) is 7.45. The second-order valence-electron chi connectivity index (χ2n) is 5.58. The minimum absolute atomic E-state index is 0.514. The minimum Gasteiger partial charge on any atom is -0.310 e. The summed E-state index contributed by atoms with van der Waals surface area (Å²) in [4.78, 5) is 4.30. The molecule has 1 aromatic rings. The van der Waals surface area contributed by atoms with Crippen molar-refractivity contribution in [3.05, 3.63) is 29.6 Å². The molecule has 1 atom stereocenters. The molecular formula is C16H26N2. The first kappa shape index (κ1) is 13.5. The fourth-order valence-corrected chi connectivity index (χ4v) is 3.12. The first-order chi connectivity index (χ1) is 8.79. The summed E-state index contributed by atoms with van der Waals surface area (Å²) in [7, 11) is 0. The Morgan fingerprint density at radius 2 is 2.11 bits per heavy atom. The van der Waals surface area contributed by atoms with Gasteiger partial charge >= 0.3 is 0 Å².